The Morgan fingerprint density at radius 1 is 1.19 bits per heavy atom. The molecule has 2 heterocycles. The van der Waals surface area contributed by atoms with Crippen LogP contribution in [0.4, 0.5) is 5.69 Å². The molecule has 0 atom stereocenters. The first kappa shape index (κ1) is 14.2. The first-order chi connectivity index (χ1) is 10.3. The molecule has 0 aliphatic carbocycles. The van der Waals surface area contributed by atoms with E-state index >= 15 is 0 Å². The van der Waals surface area contributed by atoms with Crippen LogP contribution in [-0.4, -0.2) is 64.2 Å². The minimum absolute atomic E-state index is 0.908. The quantitative estimate of drug-likeness (QED) is 0.907. The van der Waals surface area contributed by atoms with Gasteiger partial charge in [0.15, 0.2) is 0 Å². The Hall–Kier alpha value is -1.75. The number of nitrogens with zero attached hydrogens (tertiary/aromatic N) is 3. The lowest BCUT2D eigenvalue weighted by atomic mass is 10.1. The van der Waals surface area contributed by atoms with E-state index in [1.54, 1.807) is 7.11 Å². The third kappa shape index (κ3) is 3.13. The topological polar surface area (TPSA) is 40.1 Å². The van der Waals surface area contributed by atoms with E-state index in [1.807, 2.05) is 0 Å². The average Bonchev–Trinajstić information content (AvgIpc) is 2.56. The van der Waals surface area contributed by atoms with E-state index in [-0.39, 0.29) is 0 Å². The SMILES string of the molecule is COc1cc(C2=NCCCN2)ccc1N1CCN(C)CC1. The summed E-state index contributed by atoms with van der Waals surface area (Å²) in [6, 6.07) is 6.41. The predicted molar refractivity (Wildman–Crippen MR) is 86.7 cm³/mol. The van der Waals surface area contributed by atoms with E-state index in [0.29, 0.717) is 0 Å². The molecule has 1 fully saturated rings. The Balaban J connectivity index is 1.83. The zero-order chi connectivity index (χ0) is 14.7. The molecule has 21 heavy (non-hydrogen) atoms. The highest BCUT2D eigenvalue weighted by Gasteiger charge is 2.18. The lowest BCUT2D eigenvalue weighted by Crippen LogP contribution is -2.44. The van der Waals surface area contributed by atoms with Gasteiger partial charge in [0.05, 0.1) is 12.8 Å². The third-order valence-corrected chi connectivity index (χ3v) is 4.19. The summed E-state index contributed by atoms with van der Waals surface area (Å²) in [7, 11) is 3.92. The Morgan fingerprint density at radius 2 is 2.00 bits per heavy atom. The number of piperazine rings is 1. The molecule has 0 saturated carbocycles. The molecule has 1 N–H and O–H groups in total. The normalized spacial score (nSPS) is 19.9. The summed E-state index contributed by atoms with van der Waals surface area (Å²) in [6.07, 6.45) is 1.11. The molecule has 2 aliphatic rings. The molecule has 1 aromatic carbocycles. The minimum Gasteiger partial charge on any atom is -0.495 e. The van der Waals surface area contributed by atoms with Gasteiger partial charge in [-0.2, -0.15) is 0 Å². The van der Waals surface area contributed by atoms with Gasteiger partial charge in [-0.25, -0.2) is 0 Å². The zero-order valence-electron chi connectivity index (χ0n) is 12.9. The van der Waals surface area contributed by atoms with Gasteiger partial charge in [-0.15, -0.1) is 0 Å². The van der Waals surface area contributed by atoms with E-state index < -0.39 is 0 Å². The summed E-state index contributed by atoms with van der Waals surface area (Å²) in [5.74, 6) is 1.93. The summed E-state index contributed by atoms with van der Waals surface area (Å²) in [4.78, 5) is 9.32. The number of hydrogen-bond acceptors (Lipinski definition) is 5. The second kappa shape index (κ2) is 6.35. The molecule has 1 saturated heterocycles. The molecule has 114 valence electrons. The smallest absolute Gasteiger partial charge is 0.142 e. The molecular weight excluding hydrogens is 264 g/mol. The molecule has 0 aromatic heterocycles. The maximum absolute atomic E-state index is 5.62. The van der Waals surface area contributed by atoms with Crippen LogP contribution in [0, 0.1) is 0 Å². The molecule has 3 rings (SSSR count). The fraction of sp³-hybridized carbons (Fsp3) is 0.562. The summed E-state index contributed by atoms with van der Waals surface area (Å²) in [5, 5.41) is 3.37. The van der Waals surface area contributed by atoms with Crippen LogP contribution in [-0.2, 0) is 0 Å². The predicted octanol–water partition coefficient (Wildman–Crippen LogP) is 1.19. The van der Waals surface area contributed by atoms with Crippen molar-refractivity contribution in [3.63, 3.8) is 0 Å². The van der Waals surface area contributed by atoms with Crippen LogP contribution in [0.5, 0.6) is 5.75 Å². The van der Waals surface area contributed by atoms with Crippen LogP contribution < -0.4 is 15.0 Å². The number of amidine groups is 1. The second-order valence-electron chi connectivity index (χ2n) is 5.69. The van der Waals surface area contributed by atoms with Gasteiger partial charge in [0.1, 0.15) is 11.6 Å². The first-order valence-electron chi connectivity index (χ1n) is 7.68. The van der Waals surface area contributed by atoms with Gasteiger partial charge in [-0.3, -0.25) is 4.99 Å². The van der Waals surface area contributed by atoms with Crippen molar-refractivity contribution >= 4 is 11.5 Å². The molecule has 5 nitrogen and oxygen atoms in total. The lowest BCUT2D eigenvalue weighted by molar-refractivity contribution is 0.311. The first-order valence-corrected chi connectivity index (χ1v) is 7.68. The monoisotopic (exact) mass is 288 g/mol. The van der Waals surface area contributed by atoms with Crippen LogP contribution in [0.3, 0.4) is 0 Å². The van der Waals surface area contributed by atoms with E-state index in [4.69, 9.17) is 4.74 Å². The summed E-state index contributed by atoms with van der Waals surface area (Å²) in [5.41, 5.74) is 2.30. The van der Waals surface area contributed by atoms with Crippen molar-refractivity contribution < 1.29 is 4.74 Å². The number of ether oxygens (including phenoxy) is 1. The van der Waals surface area contributed by atoms with Gasteiger partial charge in [-0.05, 0) is 31.7 Å². The Morgan fingerprint density at radius 3 is 2.67 bits per heavy atom. The van der Waals surface area contributed by atoms with Crippen molar-refractivity contribution in [2.24, 2.45) is 4.99 Å². The largest absolute Gasteiger partial charge is 0.495 e. The summed E-state index contributed by atoms with van der Waals surface area (Å²) < 4.78 is 5.62. The molecular formula is C16H24N4O. The average molecular weight is 288 g/mol. The van der Waals surface area contributed by atoms with Crippen molar-refractivity contribution in [2.45, 2.75) is 6.42 Å². The second-order valence-corrected chi connectivity index (χ2v) is 5.69. The Labute approximate surface area is 126 Å². The number of hydrogen-bond donors (Lipinski definition) is 1. The van der Waals surface area contributed by atoms with E-state index in [2.05, 4.69) is 45.4 Å². The van der Waals surface area contributed by atoms with Gasteiger partial charge in [0.2, 0.25) is 0 Å². The molecule has 0 unspecified atom stereocenters. The molecule has 5 heteroatoms. The van der Waals surface area contributed by atoms with E-state index in [9.17, 15) is 0 Å². The summed E-state index contributed by atoms with van der Waals surface area (Å²) >= 11 is 0. The Kier molecular flexibility index (Phi) is 4.29. The highest BCUT2D eigenvalue weighted by Crippen LogP contribution is 2.30. The molecule has 2 aliphatic heterocycles. The van der Waals surface area contributed by atoms with Crippen molar-refractivity contribution in [1.82, 2.24) is 10.2 Å². The fourth-order valence-corrected chi connectivity index (χ4v) is 2.86. The number of likely N-dealkylation sites (N-methyl/N-ethyl adjacent to an activating group) is 1. The molecule has 0 spiro atoms. The minimum atomic E-state index is 0.908. The fourth-order valence-electron chi connectivity index (χ4n) is 2.86. The highest BCUT2D eigenvalue weighted by molar-refractivity contribution is 6.00. The van der Waals surface area contributed by atoms with Crippen LogP contribution in [0.2, 0.25) is 0 Å². The molecule has 0 amide bonds. The number of benzene rings is 1. The maximum atomic E-state index is 5.62. The van der Waals surface area contributed by atoms with E-state index in [0.717, 1.165) is 62.8 Å². The van der Waals surface area contributed by atoms with Crippen LogP contribution in [0.1, 0.15) is 12.0 Å². The highest BCUT2D eigenvalue weighted by atomic mass is 16.5. The number of anilines is 1. The van der Waals surface area contributed by atoms with Crippen molar-refractivity contribution in [1.29, 1.82) is 0 Å². The number of nitrogens with one attached hydrogen (secondary N) is 1. The summed E-state index contributed by atoms with van der Waals surface area (Å²) in [6.45, 7) is 6.20. The van der Waals surface area contributed by atoms with Crippen molar-refractivity contribution in [2.75, 3.05) is 58.3 Å². The number of rotatable bonds is 3. The van der Waals surface area contributed by atoms with E-state index in [1.165, 1.54) is 5.69 Å². The molecule has 0 radical (unpaired) electrons. The van der Waals surface area contributed by atoms with Gasteiger partial charge in [0.25, 0.3) is 0 Å². The van der Waals surface area contributed by atoms with Crippen molar-refractivity contribution in [3.8, 4) is 5.75 Å². The van der Waals surface area contributed by atoms with Crippen molar-refractivity contribution in [3.05, 3.63) is 23.8 Å². The zero-order valence-corrected chi connectivity index (χ0v) is 12.9. The maximum Gasteiger partial charge on any atom is 0.142 e. The Bertz CT molecular complexity index is 521. The van der Waals surface area contributed by atoms with Gasteiger partial charge < -0.3 is 19.9 Å². The van der Waals surface area contributed by atoms with Gasteiger partial charge in [0, 0.05) is 44.8 Å². The van der Waals surface area contributed by atoms with Gasteiger partial charge >= 0.3 is 0 Å². The van der Waals surface area contributed by atoms with Gasteiger partial charge in [-0.1, -0.05) is 0 Å². The standard InChI is InChI=1S/C16H24N4O/c1-19-8-10-20(11-9-19)14-5-4-13(12-15(14)21-2)16-17-6-3-7-18-16/h4-5,12H,3,6-11H2,1-2H3,(H,17,18). The third-order valence-electron chi connectivity index (χ3n) is 4.19. The number of aliphatic imine (C=N–C) groups is 1. The number of methoxy groups -OCH3 is 1. The lowest BCUT2D eigenvalue weighted by Gasteiger charge is -2.34. The van der Waals surface area contributed by atoms with Crippen LogP contribution in [0.25, 0.3) is 0 Å². The molecule has 1 aromatic rings. The van der Waals surface area contributed by atoms with Crippen LogP contribution >= 0.6 is 0 Å². The van der Waals surface area contributed by atoms with Crippen LogP contribution in [0.15, 0.2) is 23.2 Å². The molecule has 0 bridgehead atoms.